The van der Waals surface area contributed by atoms with Gasteiger partial charge in [-0.25, -0.2) is 4.98 Å². The molecule has 0 spiro atoms. The summed E-state index contributed by atoms with van der Waals surface area (Å²) in [6.07, 6.45) is 5.30. The van der Waals surface area contributed by atoms with Crippen molar-refractivity contribution in [3.8, 4) is 11.5 Å². The Balaban J connectivity index is 0.00000261. The molecule has 2 aromatic rings. The zero-order valence-corrected chi connectivity index (χ0v) is 16.4. The Kier molecular flexibility index (Phi) is 7.27. The molecule has 1 aromatic heterocycles. The summed E-state index contributed by atoms with van der Waals surface area (Å²) in [6, 6.07) is 5.13. The lowest BCUT2D eigenvalue weighted by Crippen LogP contribution is -2.49. The number of amides is 1. The molecule has 27 heavy (non-hydrogen) atoms. The van der Waals surface area contributed by atoms with Crippen LogP contribution in [0, 0.1) is 0 Å². The van der Waals surface area contributed by atoms with E-state index in [2.05, 4.69) is 16.9 Å². The molecular formula is C19H25ClN4O3. The molecule has 146 valence electrons. The topological polar surface area (TPSA) is 68.6 Å². The Labute approximate surface area is 165 Å². The number of halogens is 1. The van der Waals surface area contributed by atoms with Crippen molar-refractivity contribution in [3.63, 3.8) is 0 Å². The van der Waals surface area contributed by atoms with Crippen LogP contribution in [0.5, 0.6) is 11.5 Å². The fourth-order valence-electron chi connectivity index (χ4n) is 3.11. The summed E-state index contributed by atoms with van der Waals surface area (Å²) in [5.74, 6) is 1.93. The SMILES string of the molecule is C=CCOc1ccc(C(=O)N2CCNCC2c2nccn2C)cc1OC.Cl. The number of rotatable bonds is 6. The zero-order chi connectivity index (χ0) is 18.5. The first-order valence-electron chi connectivity index (χ1n) is 8.56. The highest BCUT2D eigenvalue weighted by Crippen LogP contribution is 2.30. The van der Waals surface area contributed by atoms with Gasteiger partial charge in [0.25, 0.3) is 5.91 Å². The Hall–Kier alpha value is -2.51. The number of piperazine rings is 1. The van der Waals surface area contributed by atoms with Crippen molar-refractivity contribution in [2.75, 3.05) is 33.4 Å². The molecule has 0 radical (unpaired) electrons. The summed E-state index contributed by atoms with van der Waals surface area (Å²) < 4.78 is 12.9. The van der Waals surface area contributed by atoms with Crippen molar-refractivity contribution in [1.82, 2.24) is 19.8 Å². The molecule has 1 amide bonds. The van der Waals surface area contributed by atoms with Gasteiger partial charge in [0, 0.05) is 44.6 Å². The van der Waals surface area contributed by atoms with Gasteiger partial charge in [-0.15, -0.1) is 12.4 Å². The number of hydrogen-bond acceptors (Lipinski definition) is 5. The fourth-order valence-corrected chi connectivity index (χ4v) is 3.11. The lowest BCUT2D eigenvalue weighted by Gasteiger charge is -2.35. The minimum Gasteiger partial charge on any atom is -0.493 e. The number of imidazole rings is 1. The summed E-state index contributed by atoms with van der Waals surface area (Å²) in [4.78, 5) is 19.4. The van der Waals surface area contributed by atoms with Crippen LogP contribution in [0.2, 0.25) is 0 Å². The summed E-state index contributed by atoms with van der Waals surface area (Å²) >= 11 is 0. The van der Waals surface area contributed by atoms with E-state index in [1.165, 1.54) is 0 Å². The van der Waals surface area contributed by atoms with Gasteiger partial charge in [0.05, 0.1) is 7.11 Å². The molecule has 1 aliphatic heterocycles. The maximum Gasteiger partial charge on any atom is 0.254 e. The van der Waals surface area contributed by atoms with Crippen molar-refractivity contribution in [1.29, 1.82) is 0 Å². The highest BCUT2D eigenvalue weighted by molar-refractivity contribution is 5.95. The molecule has 1 unspecified atom stereocenters. The lowest BCUT2D eigenvalue weighted by atomic mass is 10.1. The minimum atomic E-state index is -0.112. The fraction of sp³-hybridized carbons (Fsp3) is 0.368. The number of nitrogens with zero attached hydrogens (tertiary/aromatic N) is 3. The molecule has 1 fully saturated rings. The van der Waals surface area contributed by atoms with E-state index in [1.807, 2.05) is 22.7 Å². The van der Waals surface area contributed by atoms with Crippen LogP contribution in [0.15, 0.2) is 43.2 Å². The Bertz CT molecular complexity index is 793. The van der Waals surface area contributed by atoms with E-state index >= 15 is 0 Å². The van der Waals surface area contributed by atoms with Crippen molar-refractivity contribution in [2.45, 2.75) is 6.04 Å². The minimum absolute atomic E-state index is 0. The number of nitrogens with one attached hydrogen (secondary N) is 1. The van der Waals surface area contributed by atoms with Crippen molar-refractivity contribution >= 4 is 18.3 Å². The predicted molar refractivity (Wildman–Crippen MR) is 106 cm³/mol. The molecule has 0 aliphatic carbocycles. The second-order valence-corrected chi connectivity index (χ2v) is 6.08. The van der Waals surface area contributed by atoms with E-state index in [9.17, 15) is 4.79 Å². The van der Waals surface area contributed by atoms with Gasteiger partial charge >= 0.3 is 0 Å². The Morgan fingerprint density at radius 1 is 1.44 bits per heavy atom. The second kappa shape index (κ2) is 9.43. The maximum atomic E-state index is 13.2. The van der Waals surface area contributed by atoms with E-state index in [4.69, 9.17) is 9.47 Å². The van der Waals surface area contributed by atoms with E-state index < -0.39 is 0 Å². The largest absolute Gasteiger partial charge is 0.493 e. The van der Waals surface area contributed by atoms with E-state index in [0.717, 1.165) is 12.4 Å². The van der Waals surface area contributed by atoms with Crippen molar-refractivity contribution < 1.29 is 14.3 Å². The standard InChI is InChI=1S/C19H24N4O3.ClH/c1-4-11-26-16-6-5-14(12-17(16)25-3)19(24)23-10-7-20-13-15(23)18-21-8-9-22(18)2;/h4-6,8-9,12,15,20H,1,7,10-11,13H2,2-3H3;1H. The van der Waals surface area contributed by atoms with Gasteiger partial charge in [0.15, 0.2) is 11.5 Å². The summed E-state index contributed by atoms with van der Waals surface area (Å²) in [7, 11) is 3.50. The van der Waals surface area contributed by atoms with Crippen molar-refractivity contribution in [3.05, 3.63) is 54.6 Å². The van der Waals surface area contributed by atoms with Gasteiger partial charge in [-0.3, -0.25) is 4.79 Å². The van der Waals surface area contributed by atoms with E-state index in [1.54, 1.807) is 37.6 Å². The average Bonchev–Trinajstić information content (AvgIpc) is 3.11. The van der Waals surface area contributed by atoms with Gasteiger partial charge in [-0.05, 0) is 18.2 Å². The molecule has 1 aliphatic rings. The highest BCUT2D eigenvalue weighted by atomic mass is 35.5. The van der Waals surface area contributed by atoms with Gasteiger partial charge in [0.1, 0.15) is 18.5 Å². The number of carbonyl (C=O) groups is 1. The van der Waals surface area contributed by atoms with Gasteiger partial charge in [0.2, 0.25) is 0 Å². The molecule has 2 heterocycles. The van der Waals surface area contributed by atoms with E-state index in [-0.39, 0.29) is 24.4 Å². The van der Waals surface area contributed by atoms with Gasteiger partial charge < -0.3 is 24.3 Å². The van der Waals surface area contributed by atoms with Crippen LogP contribution in [0.4, 0.5) is 0 Å². The lowest BCUT2D eigenvalue weighted by molar-refractivity contribution is 0.0620. The molecule has 0 bridgehead atoms. The van der Waals surface area contributed by atoms with Gasteiger partial charge in [-0.2, -0.15) is 0 Å². The van der Waals surface area contributed by atoms with Crippen LogP contribution in [-0.4, -0.2) is 53.7 Å². The molecule has 1 atom stereocenters. The number of ether oxygens (including phenoxy) is 2. The molecule has 0 saturated carbocycles. The third-order valence-corrected chi connectivity index (χ3v) is 4.43. The molecule has 7 nitrogen and oxygen atoms in total. The second-order valence-electron chi connectivity index (χ2n) is 6.08. The Morgan fingerprint density at radius 2 is 2.26 bits per heavy atom. The normalized spacial score (nSPS) is 16.4. The third-order valence-electron chi connectivity index (χ3n) is 4.43. The predicted octanol–water partition coefficient (Wildman–Crippen LogP) is 2.20. The molecule has 1 N–H and O–H groups in total. The maximum absolute atomic E-state index is 13.2. The van der Waals surface area contributed by atoms with Crippen LogP contribution >= 0.6 is 12.4 Å². The highest BCUT2D eigenvalue weighted by Gasteiger charge is 2.31. The quantitative estimate of drug-likeness (QED) is 0.763. The Morgan fingerprint density at radius 3 is 2.93 bits per heavy atom. The molecule has 8 heteroatoms. The van der Waals surface area contributed by atoms with Crippen molar-refractivity contribution in [2.24, 2.45) is 7.05 Å². The van der Waals surface area contributed by atoms with Crippen LogP contribution in [0.3, 0.4) is 0 Å². The molecule has 3 rings (SSSR count). The first kappa shape index (κ1) is 20.8. The summed E-state index contributed by atoms with van der Waals surface area (Å²) in [6.45, 7) is 6.06. The number of aryl methyl sites for hydroxylation is 1. The third kappa shape index (κ3) is 4.43. The monoisotopic (exact) mass is 392 g/mol. The average molecular weight is 393 g/mol. The number of benzene rings is 1. The summed E-state index contributed by atoms with van der Waals surface area (Å²) in [5, 5.41) is 3.34. The summed E-state index contributed by atoms with van der Waals surface area (Å²) in [5.41, 5.74) is 0.564. The molecular weight excluding hydrogens is 368 g/mol. The molecule has 1 aromatic carbocycles. The number of carbonyl (C=O) groups excluding carboxylic acids is 1. The smallest absolute Gasteiger partial charge is 0.254 e. The van der Waals surface area contributed by atoms with Gasteiger partial charge in [-0.1, -0.05) is 12.7 Å². The van der Waals surface area contributed by atoms with Crippen LogP contribution in [-0.2, 0) is 7.05 Å². The van der Waals surface area contributed by atoms with E-state index in [0.29, 0.717) is 36.8 Å². The number of methoxy groups -OCH3 is 1. The zero-order valence-electron chi connectivity index (χ0n) is 15.6. The van der Waals surface area contributed by atoms with Crippen LogP contribution < -0.4 is 14.8 Å². The molecule has 1 saturated heterocycles. The number of hydrogen-bond donors (Lipinski definition) is 1. The van der Waals surface area contributed by atoms with Crippen LogP contribution in [0.25, 0.3) is 0 Å². The first-order chi connectivity index (χ1) is 12.7. The first-order valence-corrected chi connectivity index (χ1v) is 8.56. The van der Waals surface area contributed by atoms with Crippen LogP contribution in [0.1, 0.15) is 22.2 Å². The number of aromatic nitrogens is 2.